The van der Waals surface area contributed by atoms with Crippen LogP contribution in [0.5, 0.6) is 5.75 Å². The zero-order valence-electron chi connectivity index (χ0n) is 21.1. The van der Waals surface area contributed by atoms with E-state index in [2.05, 4.69) is 10.6 Å². The van der Waals surface area contributed by atoms with Crippen molar-refractivity contribution in [1.82, 2.24) is 15.5 Å². The number of hydrogen-bond acceptors (Lipinski definition) is 7. The molecule has 4 atom stereocenters. The molecule has 200 valence electrons. The molecule has 1 aromatic rings. The van der Waals surface area contributed by atoms with E-state index in [-0.39, 0.29) is 30.4 Å². The van der Waals surface area contributed by atoms with Gasteiger partial charge in [0.1, 0.15) is 23.9 Å². The number of nitrogens with two attached hydrogens (primary N) is 1. The second-order valence-corrected chi connectivity index (χ2v) is 10.5. The number of carbonyl (C=O) groups is 4. The molecule has 0 radical (unpaired) electrons. The minimum absolute atomic E-state index is 0.0643. The van der Waals surface area contributed by atoms with Crippen molar-refractivity contribution in [3.05, 3.63) is 29.8 Å². The van der Waals surface area contributed by atoms with E-state index in [9.17, 15) is 29.4 Å². The number of aromatic hydroxyl groups is 1. The van der Waals surface area contributed by atoms with Gasteiger partial charge in [-0.25, -0.2) is 4.79 Å². The minimum Gasteiger partial charge on any atom is -0.508 e. The summed E-state index contributed by atoms with van der Waals surface area (Å²) in [5, 5.41) is 24.2. The number of aliphatic carboxylic acids is 1. The van der Waals surface area contributed by atoms with Gasteiger partial charge in [0.15, 0.2) is 0 Å². The lowest BCUT2D eigenvalue weighted by Gasteiger charge is -2.29. The summed E-state index contributed by atoms with van der Waals surface area (Å²) in [7, 11) is 0. The number of amides is 3. The highest BCUT2D eigenvalue weighted by Crippen LogP contribution is 2.20. The molecule has 36 heavy (non-hydrogen) atoms. The number of thioether (sulfide) groups is 1. The Labute approximate surface area is 216 Å². The van der Waals surface area contributed by atoms with E-state index in [0.717, 1.165) is 5.56 Å². The third-order valence-corrected chi connectivity index (χ3v) is 6.76. The van der Waals surface area contributed by atoms with Crippen molar-refractivity contribution in [1.29, 1.82) is 0 Å². The number of carboxylic acid groups (broad SMARTS) is 1. The van der Waals surface area contributed by atoms with E-state index >= 15 is 0 Å². The molecule has 0 bridgehead atoms. The summed E-state index contributed by atoms with van der Waals surface area (Å²) >= 11 is 1.51. The van der Waals surface area contributed by atoms with Gasteiger partial charge in [0.05, 0.1) is 6.04 Å². The fourth-order valence-corrected chi connectivity index (χ4v) is 4.70. The first-order valence-electron chi connectivity index (χ1n) is 12.2. The van der Waals surface area contributed by atoms with Crippen molar-refractivity contribution < 1.29 is 29.4 Å². The molecular weight excluding hydrogens is 484 g/mol. The van der Waals surface area contributed by atoms with E-state index in [4.69, 9.17) is 5.73 Å². The van der Waals surface area contributed by atoms with Gasteiger partial charge >= 0.3 is 5.97 Å². The first-order chi connectivity index (χ1) is 17.0. The maximum absolute atomic E-state index is 13.2. The van der Waals surface area contributed by atoms with Gasteiger partial charge in [-0.15, -0.1) is 0 Å². The number of likely N-dealkylation sites (tertiary alicyclic amines) is 1. The fraction of sp³-hybridized carbons (Fsp3) is 0.600. The van der Waals surface area contributed by atoms with Crippen molar-refractivity contribution in [2.75, 3.05) is 18.6 Å². The van der Waals surface area contributed by atoms with Gasteiger partial charge in [0.2, 0.25) is 17.7 Å². The maximum Gasteiger partial charge on any atom is 0.326 e. The molecule has 0 spiro atoms. The molecule has 1 aliphatic heterocycles. The topological polar surface area (TPSA) is 162 Å². The minimum atomic E-state index is -1.12. The summed E-state index contributed by atoms with van der Waals surface area (Å²) in [4.78, 5) is 52.2. The van der Waals surface area contributed by atoms with Gasteiger partial charge in [0.25, 0.3) is 0 Å². The predicted molar refractivity (Wildman–Crippen MR) is 138 cm³/mol. The predicted octanol–water partition coefficient (Wildman–Crippen LogP) is 1.11. The SMILES string of the molecule is CSCCC(NC(=O)C1CCCN1C(=O)C(N)Cc1ccc(O)cc1)C(=O)NC(CC(C)C)C(=O)O. The Morgan fingerprint density at radius 2 is 1.81 bits per heavy atom. The maximum atomic E-state index is 13.2. The molecule has 1 heterocycles. The van der Waals surface area contributed by atoms with E-state index in [1.807, 2.05) is 20.1 Å². The lowest BCUT2D eigenvalue weighted by molar-refractivity contribution is -0.143. The van der Waals surface area contributed by atoms with Crippen LogP contribution in [-0.4, -0.2) is 81.5 Å². The number of carbonyl (C=O) groups excluding carboxylic acids is 3. The van der Waals surface area contributed by atoms with Crippen LogP contribution in [0.25, 0.3) is 0 Å². The van der Waals surface area contributed by atoms with Crippen molar-refractivity contribution >= 4 is 35.5 Å². The van der Waals surface area contributed by atoms with Gasteiger partial charge < -0.3 is 31.5 Å². The highest BCUT2D eigenvalue weighted by atomic mass is 32.2. The normalized spacial score (nSPS) is 17.9. The lowest BCUT2D eigenvalue weighted by Crippen LogP contribution is -2.57. The molecule has 1 aliphatic rings. The van der Waals surface area contributed by atoms with Crippen molar-refractivity contribution in [3.63, 3.8) is 0 Å². The molecular formula is C25H38N4O6S. The van der Waals surface area contributed by atoms with Crippen LogP contribution in [0.2, 0.25) is 0 Å². The van der Waals surface area contributed by atoms with Crippen LogP contribution in [-0.2, 0) is 25.6 Å². The Balaban J connectivity index is 2.06. The summed E-state index contributed by atoms with van der Waals surface area (Å²) < 4.78 is 0. The van der Waals surface area contributed by atoms with Crippen LogP contribution in [0.4, 0.5) is 0 Å². The highest BCUT2D eigenvalue weighted by Gasteiger charge is 2.38. The number of nitrogens with one attached hydrogen (secondary N) is 2. The molecule has 11 heteroatoms. The number of nitrogens with zero attached hydrogens (tertiary/aromatic N) is 1. The summed E-state index contributed by atoms with van der Waals surface area (Å²) in [5.41, 5.74) is 6.95. The summed E-state index contributed by atoms with van der Waals surface area (Å²) in [6.07, 6.45) is 3.82. The zero-order valence-corrected chi connectivity index (χ0v) is 21.9. The van der Waals surface area contributed by atoms with Gasteiger partial charge in [-0.05, 0) is 67.7 Å². The number of carboxylic acids is 1. The van der Waals surface area contributed by atoms with E-state index in [1.54, 1.807) is 12.1 Å². The first-order valence-corrected chi connectivity index (χ1v) is 13.6. The van der Waals surface area contributed by atoms with Gasteiger partial charge in [-0.3, -0.25) is 14.4 Å². The molecule has 10 nitrogen and oxygen atoms in total. The molecule has 0 aromatic heterocycles. The van der Waals surface area contributed by atoms with Gasteiger partial charge in [-0.1, -0.05) is 26.0 Å². The zero-order chi connectivity index (χ0) is 26.8. The van der Waals surface area contributed by atoms with Gasteiger partial charge in [0, 0.05) is 6.54 Å². The second-order valence-electron chi connectivity index (χ2n) is 9.54. The quantitative estimate of drug-likeness (QED) is 0.257. The number of hydrogen-bond donors (Lipinski definition) is 5. The smallest absolute Gasteiger partial charge is 0.326 e. The Kier molecular flexibility index (Phi) is 11.5. The van der Waals surface area contributed by atoms with Crippen LogP contribution < -0.4 is 16.4 Å². The Bertz CT molecular complexity index is 910. The molecule has 0 saturated carbocycles. The van der Waals surface area contributed by atoms with Crippen LogP contribution in [0, 0.1) is 5.92 Å². The van der Waals surface area contributed by atoms with Crippen molar-refractivity contribution in [3.8, 4) is 5.75 Å². The Morgan fingerprint density at radius 3 is 2.39 bits per heavy atom. The van der Waals surface area contributed by atoms with E-state index < -0.39 is 42.0 Å². The number of benzene rings is 1. The fourth-order valence-electron chi connectivity index (χ4n) is 4.23. The molecule has 1 fully saturated rings. The molecule has 6 N–H and O–H groups in total. The molecule has 1 saturated heterocycles. The van der Waals surface area contributed by atoms with Gasteiger partial charge in [-0.2, -0.15) is 11.8 Å². The van der Waals surface area contributed by atoms with Crippen LogP contribution in [0.15, 0.2) is 24.3 Å². The third kappa shape index (κ3) is 8.70. The molecule has 3 amide bonds. The number of phenolic OH excluding ortho intramolecular Hbond substituents is 1. The Hall–Kier alpha value is -2.79. The summed E-state index contributed by atoms with van der Waals surface area (Å²) in [5.74, 6) is -1.70. The van der Waals surface area contributed by atoms with Crippen LogP contribution in [0.3, 0.4) is 0 Å². The molecule has 4 unspecified atom stereocenters. The first kappa shape index (κ1) is 29.4. The largest absolute Gasteiger partial charge is 0.508 e. The standard InChI is InChI=1S/C25H38N4O6S/c1-15(2)13-20(25(34)35)28-22(31)19(10-12-36-3)27-23(32)21-5-4-11-29(21)24(33)18(26)14-16-6-8-17(30)9-7-16/h6-9,15,18-21,30H,4-5,10-14,26H2,1-3H3,(H,27,32)(H,28,31)(H,34,35). The van der Waals surface area contributed by atoms with Crippen LogP contribution >= 0.6 is 11.8 Å². The molecule has 0 aliphatic carbocycles. The van der Waals surface area contributed by atoms with E-state index in [0.29, 0.717) is 31.6 Å². The van der Waals surface area contributed by atoms with Crippen molar-refractivity contribution in [2.45, 2.75) is 70.1 Å². The molecule has 1 aromatic carbocycles. The molecule has 2 rings (SSSR count). The average molecular weight is 523 g/mol. The number of rotatable bonds is 13. The second kappa shape index (κ2) is 14.1. The van der Waals surface area contributed by atoms with Crippen LogP contribution in [0.1, 0.15) is 45.1 Å². The Morgan fingerprint density at radius 1 is 1.14 bits per heavy atom. The lowest BCUT2D eigenvalue weighted by atomic mass is 10.0. The summed E-state index contributed by atoms with van der Waals surface area (Å²) in [6, 6.07) is 2.86. The van der Waals surface area contributed by atoms with E-state index in [1.165, 1.54) is 28.8 Å². The summed E-state index contributed by atoms with van der Waals surface area (Å²) in [6.45, 7) is 4.12. The highest BCUT2D eigenvalue weighted by molar-refractivity contribution is 7.98. The number of phenols is 1. The third-order valence-electron chi connectivity index (χ3n) is 6.11. The monoisotopic (exact) mass is 522 g/mol. The van der Waals surface area contributed by atoms with Crippen molar-refractivity contribution in [2.24, 2.45) is 11.7 Å². The average Bonchev–Trinajstić information content (AvgIpc) is 3.31.